The van der Waals surface area contributed by atoms with E-state index in [-0.39, 0.29) is 0 Å². The predicted octanol–water partition coefficient (Wildman–Crippen LogP) is 4.09. The zero-order chi connectivity index (χ0) is 13.9. The number of aryl methyl sites for hydroxylation is 1. The molecule has 3 aromatic heterocycles. The van der Waals surface area contributed by atoms with Crippen LogP contribution in [0.3, 0.4) is 0 Å². The third-order valence-corrected chi connectivity index (χ3v) is 5.15. The van der Waals surface area contributed by atoms with Crippen molar-refractivity contribution in [3.8, 4) is 10.6 Å². The van der Waals surface area contributed by atoms with Crippen LogP contribution in [0.4, 0.5) is 0 Å². The number of aromatic nitrogens is 2. The van der Waals surface area contributed by atoms with E-state index in [2.05, 4.69) is 34.7 Å². The van der Waals surface area contributed by atoms with Crippen molar-refractivity contribution in [3.63, 3.8) is 0 Å². The van der Waals surface area contributed by atoms with E-state index in [0.29, 0.717) is 0 Å². The Labute approximate surface area is 126 Å². The maximum Gasteiger partial charge on any atom is 0.125 e. The molecule has 3 rings (SSSR count). The number of nitrogens with zero attached hydrogens (tertiary/aromatic N) is 2. The average Bonchev–Trinajstić information content (AvgIpc) is 3.06. The fourth-order valence-corrected chi connectivity index (χ4v) is 4.08. The Balaban J connectivity index is 2.01. The second-order valence-corrected chi connectivity index (χ2v) is 6.73. The van der Waals surface area contributed by atoms with Crippen LogP contribution in [-0.4, -0.2) is 17.0 Å². The van der Waals surface area contributed by atoms with Crippen LogP contribution in [0.25, 0.3) is 20.8 Å². The Morgan fingerprint density at radius 1 is 1.35 bits per heavy atom. The third kappa shape index (κ3) is 2.61. The number of fused-ring (bicyclic) bond motifs is 1. The second-order valence-electron chi connectivity index (χ2n) is 4.70. The lowest BCUT2D eigenvalue weighted by Gasteiger charge is -1.98. The number of thiophene rings is 1. The van der Waals surface area contributed by atoms with Gasteiger partial charge in [0.2, 0.25) is 0 Å². The van der Waals surface area contributed by atoms with Crippen molar-refractivity contribution in [1.29, 1.82) is 0 Å². The molecule has 20 heavy (non-hydrogen) atoms. The van der Waals surface area contributed by atoms with Crippen LogP contribution in [0, 0.1) is 0 Å². The molecule has 3 aromatic rings. The van der Waals surface area contributed by atoms with Crippen molar-refractivity contribution in [2.75, 3.05) is 7.05 Å². The summed E-state index contributed by atoms with van der Waals surface area (Å²) >= 11 is 3.51. The minimum absolute atomic E-state index is 0.891. The fraction of sp³-hybridized carbons (Fsp3) is 0.333. The molecular formula is C15H17N3S2. The molecule has 5 heteroatoms. The first-order valence-corrected chi connectivity index (χ1v) is 8.48. The molecule has 0 unspecified atom stereocenters. The van der Waals surface area contributed by atoms with E-state index in [1.54, 1.807) is 22.7 Å². The highest BCUT2D eigenvalue weighted by atomic mass is 32.1. The molecule has 3 nitrogen and oxygen atoms in total. The first-order valence-electron chi connectivity index (χ1n) is 6.78. The van der Waals surface area contributed by atoms with Crippen LogP contribution >= 0.6 is 22.7 Å². The van der Waals surface area contributed by atoms with E-state index in [0.717, 1.165) is 35.5 Å². The summed E-state index contributed by atoms with van der Waals surface area (Å²) in [6.07, 6.45) is 4.11. The van der Waals surface area contributed by atoms with Gasteiger partial charge in [-0.3, -0.25) is 4.98 Å². The number of rotatable bonds is 5. The molecule has 0 fully saturated rings. The molecule has 0 aromatic carbocycles. The molecule has 0 radical (unpaired) electrons. The van der Waals surface area contributed by atoms with Crippen molar-refractivity contribution in [2.45, 2.75) is 26.3 Å². The Hall–Kier alpha value is -1.30. The summed E-state index contributed by atoms with van der Waals surface area (Å²) in [5.74, 6) is 0. The Kier molecular flexibility index (Phi) is 4.10. The number of hydrogen-bond donors (Lipinski definition) is 1. The summed E-state index contributed by atoms with van der Waals surface area (Å²) in [6.45, 7) is 3.09. The van der Waals surface area contributed by atoms with Crippen LogP contribution < -0.4 is 5.32 Å². The quantitative estimate of drug-likeness (QED) is 0.771. The van der Waals surface area contributed by atoms with E-state index in [1.807, 2.05) is 13.2 Å². The van der Waals surface area contributed by atoms with Gasteiger partial charge in [0.1, 0.15) is 5.01 Å². The predicted molar refractivity (Wildman–Crippen MR) is 87.5 cm³/mol. The summed E-state index contributed by atoms with van der Waals surface area (Å²) in [7, 11) is 1.98. The maximum absolute atomic E-state index is 4.82. The molecule has 0 spiro atoms. The van der Waals surface area contributed by atoms with Gasteiger partial charge in [-0.1, -0.05) is 13.3 Å². The average molecular weight is 303 g/mol. The monoisotopic (exact) mass is 303 g/mol. The van der Waals surface area contributed by atoms with Gasteiger partial charge in [0.25, 0.3) is 0 Å². The molecular weight excluding hydrogens is 286 g/mol. The van der Waals surface area contributed by atoms with Crippen molar-refractivity contribution in [1.82, 2.24) is 15.3 Å². The number of thiazole rings is 1. The zero-order valence-corrected chi connectivity index (χ0v) is 13.3. The summed E-state index contributed by atoms with van der Waals surface area (Å²) in [4.78, 5) is 10.7. The Morgan fingerprint density at radius 2 is 2.25 bits per heavy atom. The Bertz CT molecular complexity index is 691. The van der Waals surface area contributed by atoms with Crippen molar-refractivity contribution in [2.24, 2.45) is 0 Å². The largest absolute Gasteiger partial charge is 0.315 e. The van der Waals surface area contributed by atoms with E-state index in [9.17, 15) is 0 Å². The van der Waals surface area contributed by atoms with Gasteiger partial charge in [0.05, 0.1) is 15.9 Å². The summed E-state index contributed by atoms with van der Waals surface area (Å²) in [5, 5.41) is 6.40. The van der Waals surface area contributed by atoms with Crippen molar-refractivity contribution < 1.29 is 0 Å². The van der Waals surface area contributed by atoms with Crippen LogP contribution in [0.15, 0.2) is 23.7 Å². The van der Waals surface area contributed by atoms with E-state index >= 15 is 0 Å². The standard InChI is InChI=1S/C15H17N3S2/c1-3-4-12-14(9-16-2)20-15(18-12)10-7-13-11(17-8-10)5-6-19-13/h5-8,16H,3-4,9H2,1-2H3. The number of hydrogen-bond acceptors (Lipinski definition) is 5. The molecule has 1 N–H and O–H groups in total. The third-order valence-electron chi connectivity index (χ3n) is 3.15. The molecule has 0 aliphatic carbocycles. The van der Waals surface area contributed by atoms with E-state index < -0.39 is 0 Å². The first kappa shape index (κ1) is 13.7. The van der Waals surface area contributed by atoms with Gasteiger partial charge >= 0.3 is 0 Å². The molecule has 0 atom stereocenters. The van der Waals surface area contributed by atoms with Gasteiger partial charge in [-0.25, -0.2) is 4.98 Å². The van der Waals surface area contributed by atoms with Gasteiger partial charge in [-0.05, 0) is 31.0 Å². The van der Waals surface area contributed by atoms with Gasteiger partial charge in [-0.2, -0.15) is 0 Å². The highest BCUT2D eigenvalue weighted by molar-refractivity contribution is 7.17. The topological polar surface area (TPSA) is 37.8 Å². The van der Waals surface area contributed by atoms with Crippen molar-refractivity contribution >= 4 is 32.9 Å². The van der Waals surface area contributed by atoms with Crippen LogP contribution in [-0.2, 0) is 13.0 Å². The number of pyridine rings is 1. The first-order chi connectivity index (χ1) is 9.81. The lowest BCUT2D eigenvalue weighted by molar-refractivity contribution is 0.798. The van der Waals surface area contributed by atoms with Gasteiger partial charge < -0.3 is 5.32 Å². The molecule has 0 bridgehead atoms. The van der Waals surface area contributed by atoms with Gasteiger partial charge in [0.15, 0.2) is 0 Å². The molecule has 0 amide bonds. The lowest BCUT2D eigenvalue weighted by atomic mass is 10.2. The lowest BCUT2D eigenvalue weighted by Crippen LogP contribution is -2.05. The summed E-state index contributed by atoms with van der Waals surface area (Å²) in [6, 6.07) is 4.26. The molecule has 3 heterocycles. The molecule has 0 aliphatic heterocycles. The van der Waals surface area contributed by atoms with Crippen LogP contribution in [0.1, 0.15) is 23.9 Å². The van der Waals surface area contributed by atoms with Crippen LogP contribution in [0.5, 0.6) is 0 Å². The SMILES string of the molecule is CCCc1nc(-c2cnc3ccsc3c2)sc1CNC. The van der Waals surface area contributed by atoms with Crippen LogP contribution in [0.2, 0.25) is 0 Å². The fourth-order valence-electron chi connectivity index (χ4n) is 2.20. The minimum Gasteiger partial charge on any atom is -0.315 e. The normalized spacial score (nSPS) is 11.3. The van der Waals surface area contributed by atoms with Gasteiger partial charge in [0, 0.05) is 23.2 Å². The van der Waals surface area contributed by atoms with E-state index in [4.69, 9.17) is 4.98 Å². The van der Waals surface area contributed by atoms with Gasteiger partial charge in [-0.15, -0.1) is 22.7 Å². The highest BCUT2D eigenvalue weighted by Crippen LogP contribution is 2.31. The molecule has 104 valence electrons. The van der Waals surface area contributed by atoms with Crippen molar-refractivity contribution in [3.05, 3.63) is 34.3 Å². The smallest absolute Gasteiger partial charge is 0.125 e. The summed E-state index contributed by atoms with van der Waals surface area (Å²) < 4.78 is 1.23. The highest BCUT2D eigenvalue weighted by Gasteiger charge is 2.12. The zero-order valence-electron chi connectivity index (χ0n) is 11.6. The second kappa shape index (κ2) is 5.99. The minimum atomic E-state index is 0.891. The molecule has 0 saturated heterocycles. The summed E-state index contributed by atoms with van der Waals surface area (Å²) in [5.41, 5.74) is 3.43. The van der Waals surface area contributed by atoms with E-state index in [1.165, 1.54) is 15.3 Å². The number of nitrogens with one attached hydrogen (secondary N) is 1. The Morgan fingerprint density at radius 3 is 3.05 bits per heavy atom. The molecule has 0 saturated carbocycles. The molecule has 0 aliphatic rings. The maximum atomic E-state index is 4.82.